The van der Waals surface area contributed by atoms with E-state index in [0.29, 0.717) is 39.5 Å². The fourth-order valence-corrected chi connectivity index (χ4v) is 5.47. The largest absolute Gasteiger partial charge is 0.455 e. The molecule has 0 atom stereocenters. The molecule has 0 unspecified atom stereocenters. The maximum atomic E-state index is 14.4. The SMILES string of the molecule is C/C(=N/O)c1cc(-c2nc3c(F)cccc3o2)cc(-c2cc3c(C=O)c(-c4ccc(F)cc4)oc3cc2N(C)S(C)(=O)=O)c1. The van der Waals surface area contributed by atoms with Crippen LogP contribution < -0.4 is 4.31 Å². The molecular formula is C32H23F2N3O6S. The summed E-state index contributed by atoms with van der Waals surface area (Å²) >= 11 is 0. The van der Waals surface area contributed by atoms with Crippen LogP contribution in [0.15, 0.2) is 86.8 Å². The number of benzene rings is 4. The first kappa shape index (κ1) is 28.7. The smallest absolute Gasteiger partial charge is 0.232 e. The molecule has 2 aromatic heterocycles. The van der Waals surface area contributed by atoms with Gasteiger partial charge in [0.1, 0.15) is 22.7 Å². The molecule has 0 aliphatic carbocycles. The first-order valence-electron chi connectivity index (χ1n) is 13.1. The lowest BCUT2D eigenvalue weighted by Gasteiger charge is -2.21. The number of anilines is 1. The van der Waals surface area contributed by atoms with Gasteiger partial charge in [-0.1, -0.05) is 11.2 Å². The lowest BCUT2D eigenvalue weighted by atomic mass is 9.95. The van der Waals surface area contributed by atoms with Gasteiger partial charge in [0, 0.05) is 40.8 Å². The van der Waals surface area contributed by atoms with Gasteiger partial charge in [0.25, 0.3) is 0 Å². The monoisotopic (exact) mass is 615 g/mol. The Morgan fingerprint density at radius 2 is 1.68 bits per heavy atom. The number of halogens is 2. The maximum Gasteiger partial charge on any atom is 0.232 e. The summed E-state index contributed by atoms with van der Waals surface area (Å²) in [6, 6.07) is 17.8. The van der Waals surface area contributed by atoms with Gasteiger partial charge in [0.15, 0.2) is 17.7 Å². The number of aldehydes is 1. The van der Waals surface area contributed by atoms with Gasteiger partial charge in [-0.15, -0.1) is 0 Å². The highest BCUT2D eigenvalue weighted by Crippen LogP contribution is 2.42. The zero-order valence-corrected chi connectivity index (χ0v) is 24.3. The minimum absolute atomic E-state index is 0.0308. The minimum atomic E-state index is -3.79. The standard InChI is InChI=1S/C32H23F2N3O6S/c1-17(36-39)19-11-20(13-21(12-19)32-35-30-26(34)5-4-6-28(30)43-32)23-14-24-25(16-38)31(18-7-9-22(33)10-8-18)42-29(24)15-27(23)37(2)44(3,40)41/h4-16,39H,1-3H3/b36-17-. The number of fused-ring (bicyclic) bond motifs is 2. The normalized spacial score (nSPS) is 12.2. The quantitative estimate of drug-likeness (QED) is 0.0867. The second-order valence-electron chi connectivity index (χ2n) is 10.2. The third-order valence-electron chi connectivity index (χ3n) is 7.33. The Morgan fingerprint density at radius 1 is 0.955 bits per heavy atom. The average Bonchev–Trinajstić information content (AvgIpc) is 3.61. The van der Waals surface area contributed by atoms with Crippen LogP contribution >= 0.6 is 0 Å². The number of rotatable bonds is 7. The van der Waals surface area contributed by atoms with E-state index in [2.05, 4.69) is 10.1 Å². The number of carbonyl (C=O) groups excluding carboxylic acids is 1. The van der Waals surface area contributed by atoms with Gasteiger partial charge in [0.2, 0.25) is 15.9 Å². The molecule has 0 spiro atoms. The molecule has 1 N–H and O–H groups in total. The summed E-state index contributed by atoms with van der Waals surface area (Å²) in [4.78, 5) is 16.7. The molecule has 0 aliphatic heterocycles. The molecule has 9 nitrogen and oxygen atoms in total. The molecule has 0 bridgehead atoms. The molecule has 0 saturated heterocycles. The number of hydrogen-bond donors (Lipinski definition) is 1. The van der Waals surface area contributed by atoms with Crippen LogP contribution in [0.2, 0.25) is 0 Å². The van der Waals surface area contributed by atoms with Crippen molar-refractivity contribution in [1.82, 2.24) is 4.98 Å². The predicted molar refractivity (Wildman–Crippen MR) is 163 cm³/mol. The highest BCUT2D eigenvalue weighted by atomic mass is 32.2. The van der Waals surface area contributed by atoms with E-state index in [0.717, 1.165) is 10.6 Å². The molecule has 0 amide bonds. The number of furan rings is 1. The summed E-state index contributed by atoms with van der Waals surface area (Å²) in [7, 11) is -2.42. The van der Waals surface area contributed by atoms with Crippen LogP contribution in [0.4, 0.5) is 14.5 Å². The maximum absolute atomic E-state index is 14.4. The number of aromatic nitrogens is 1. The number of nitrogens with zero attached hydrogens (tertiary/aromatic N) is 3. The fraction of sp³-hybridized carbons (Fsp3) is 0.0938. The van der Waals surface area contributed by atoms with E-state index in [4.69, 9.17) is 8.83 Å². The number of oxime groups is 1. The number of sulfonamides is 1. The molecule has 222 valence electrons. The van der Waals surface area contributed by atoms with Gasteiger partial charge in [-0.05, 0) is 73.2 Å². The first-order chi connectivity index (χ1) is 21.0. The van der Waals surface area contributed by atoms with Crippen LogP contribution in [0.3, 0.4) is 0 Å². The molecule has 2 heterocycles. The molecule has 12 heteroatoms. The van der Waals surface area contributed by atoms with Gasteiger partial charge in [-0.3, -0.25) is 9.10 Å². The van der Waals surface area contributed by atoms with E-state index in [1.54, 1.807) is 37.3 Å². The van der Waals surface area contributed by atoms with Crippen molar-refractivity contribution < 1.29 is 36.0 Å². The van der Waals surface area contributed by atoms with Crippen LogP contribution in [-0.2, 0) is 10.0 Å². The summed E-state index contributed by atoms with van der Waals surface area (Å²) < 4.78 is 66.5. The van der Waals surface area contributed by atoms with Crippen LogP contribution in [0.5, 0.6) is 0 Å². The number of carbonyl (C=O) groups is 1. The van der Waals surface area contributed by atoms with Crippen LogP contribution in [-0.4, -0.2) is 43.9 Å². The summed E-state index contributed by atoms with van der Waals surface area (Å²) in [5, 5.41) is 13.3. The third-order valence-corrected chi connectivity index (χ3v) is 8.53. The lowest BCUT2D eigenvalue weighted by molar-refractivity contribution is 0.112. The van der Waals surface area contributed by atoms with E-state index in [-0.39, 0.29) is 45.3 Å². The van der Waals surface area contributed by atoms with Crippen LogP contribution in [0, 0.1) is 11.6 Å². The molecule has 0 aliphatic rings. The molecule has 0 saturated carbocycles. The van der Waals surface area contributed by atoms with Crippen molar-refractivity contribution in [3.8, 4) is 33.9 Å². The van der Waals surface area contributed by atoms with Crippen molar-refractivity contribution >= 4 is 49.8 Å². The Bertz CT molecular complexity index is 2240. The Labute approximate surface area is 249 Å². The van der Waals surface area contributed by atoms with E-state index < -0.39 is 21.7 Å². The summed E-state index contributed by atoms with van der Waals surface area (Å²) in [6.45, 7) is 1.57. The van der Waals surface area contributed by atoms with Crippen molar-refractivity contribution in [2.45, 2.75) is 6.92 Å². The molecule has 4 aromatic carbocycles. The number of hydrogen-bond acceptors (Lipinski definition) is 8. The Kier molecular flexibility index (Phi) is 7.01. The van der Waals surface area contributed by atoms with E-state index >= 15 is 0 Å². The van der Waals surface area contributed by atoms with E-state index in [1.807, 2.05) is 0 Å². The second kappa shape index (κ2) is 10.7. The summed E-state index contributed by atoms with van der Waals surface area (Å²) in [5.41, 5.74) is 3.18. The van der Waals surface area contributed by atoms with Gasteiger partial charge >= 0.3 is 0 Å². The topological polar surface area (TPSA) is 126 Å². The van der Waals surface area contributed by atoms with Crippen molar-refractivity contribution in [2.75, 3.05) is 17.6 Å². The fourth-order valence-electron chi connectivity index (χ4n) is 4.97. The van der Waals surface area contributed by atoms with Crippen LogP contribution in [0.1, 0.15) is 22.8 Å². The van der Waals surface area contributed by atoms with Crippen molar-refractivity contribution in [3.05, 3.63) is 95.6 Å². The van der Waals surface area contributed by atoms with Gasteiger partial charge in [-0.2, -0.15) is 0 Å². The highest BCUT2D eigenvalue weighted by molar-refractivity contribution is 7.92. The molecular weight excluding hydrogens is 592 g/mol. The van der Waals surface area contributed by atoms with Crippen molar-refractivity contribution in [2.24, 2.45) is 5.16 Å². The molecule has 6 aromatic rings. The zero-order valence-electron chi connectivity index (χ0n) is 23.5. The molecule has 44 heavy (non-hydrogen) atoms. The minimum Gasteiger partial charge on any atom is -0.455 e. The van der Waals surface area contributed by atoms with Gasteiger partial charge in [0.05, 0.1) is 23.2 Å². The van der Waals surface area contributed by atoms with Crippen molar-refractivity contribution in [3.63, 3.8) is 0 Å². The second-order valence-corrected chi connectivity index (χ2v) is 12.2. The van der Waals surface area contributed by atoms with Crippen LogP contribution in [0.25, 0.3) is 56.0 Å². The van der Waals surface area contributed by atoms with E-state index in [1.165, 1.54) is 49.5 Å². The summed E-state index contributed by atoms with van der Waals surface area (Å²) in [5.74, 6) is -0.765. The van der Waals surface area contributed by atoms with E-state index in [9.17, 15) is 27.2 Å². The first-order valence-corrected chi connectivity index (χ1v) is 15.0. The Morgan fingerprint density at radius 3 is 2.34 bits per heavy atom. The zero-order chi connectivity index (χ0) is 31.3. The van der Waals surface area contributed by atoms with Gasteiger partial charge in [-0.25, -0.2) is 22.2 Å². The van der Waals surface area contributed by atoms with Crippen molar-refractivity contribution in [1.29, 1.82) is 0 Å². The molecule has 0 radical (unpaired) electrons. The molecule has 6 rings (SSSR count). The lowest BCUT2D eigenvalue weighted by Crippen LogP contribution is -2.25. The summed E-state index contributed by atoms with van der Waals surface area (Å²) in [6.07, 6.45) is 1.66. The predicted octanol–water partition coefficient (Wildman–Crippen LogP) is 7.26. The van der Waals surface area contributed by atoms with Gasteiger partial charge < -0.3 is 14.0 Å². The number of oxazole rings is 1. The Balaban J connectivity index is 1.65. The highest BCUT2D eigenvalue weighted by Gasteiger charge is 2.24. The average molecular weight is 616 g/mol. The third kappa shape index (κ3) is 4.98. The molecule has 0 fully saturated rings. The number of para-hydroxylation sites is 1. The Hall–Kier alpha value is -5.36.